The van der Waals surface area contributed by atoms with Gasteiger partial charge in [-0.1, -0.05) is 35.9 Å². The van der Waals surface area contributed by atoms with E-state index in [1.807, 2.05) is 6.07 Å². The van der Waals surface area contributed by atoms with Gasteiger partial charge in [0.25, 0.3) is 5.56 Å². The van der Waals surface area contributed by atoms with Crippen LogP contribution in [0.1, 0.15) is 35.6 Å². The summed E-state index contributed by atoms with van der Waals surface area (Å²) in [7, 11) is 0. The Bertz CT molecular complexity index is 1020. The number of aromatic nitrogens is 2. The van der Waals surface area contributed by atoms with Crippen LogP contribution in [0.2, 0.25) is 5.02 Å². The van der Waals surface area contributed by atoms with Crippen LogP contribution in [0, 0.1) is 0 Å². The first-order valence-corrected chi connectivity index (χ1v) is 9.03. The number of fused-ring (bicyclic) bond motifs is 1. The first-order valence-electron chi connectivity index (χ1n) is 8.65. The molecule has 0 saturated heterocycles. The SMILES string of the molecule is C[C@H](N)c1nc2cccc(Cl)c2c(=O)n1CCCOC(=O)c1ccccc1. The third kappa shape index (κ3) is 4.18. The Hall–Kier alpha value is -2.70. The maximum atomic E-state index is 12.9. The van der Waals surface area contributed by atoms with Crippen molar-refractivity contribution in [2.24, 2.45) is 5.73 Å². The van der Waals surface area contributed by atoms with Crippen LogP contribution in [0.4, 0.5) is 0 Å². The summed E-state index contributed by atoms with van der Waals surface area (Å²) >= 11 is 6.18. The van der Waals surface area contributed by atoms with Gasteiger partial charge in [0.1, 0.15) is 5.82 Å². The molecule has 7 heteroatoms. The molecule has 0 saturated carbocycles. The van der Waals surface area contributed by atoms with Crippen molar-refractivity contribution in [2.45, 2.75) is 25.9 Å². The average molecular weight is 386 g/mol. The molecule has 0 aliphatic carbocycles. The zero-order valence-corrected chi connectivity index (χ0v) is 15.6. The summed E-state index contributed by atoms with van der Waals surface area (Å²) in [5, 5.41) is 0.718. The van der Waals surface area contributed by atoms with Crippen LogP contribution in [-0.4, -0.2) is 22.1 Å². The number of hydrogen-bond donors (Lipinski definition) is 1. The molecule has 3 rings (SSSR count). The van der Waals surface area contributed by atoms with Crippen molar-refractivity contribution >= 4 is 28.5 Å². The van der Waals surface area contributed by atoms with Crippen molar-refractivity contribution in [3.05, 3.63) is 75.3 Å². The Morgan fingerprint density at radius 3 is 2.67 bits per heavy atom. The third-order valence-corrected chi connectivity index (χ3v) is 4.45. The van der Waals surface area contributed by atoms with Gasteiger partial charge in [0.15, 0.2) is 0 Å². The van der Waals surface area contributed by atoms with E-state index < -0.39 is 12.0 Å². The molecule has 1 aromatic heterocycles. The van der Waals surface area contributed by atoms with Gasteiger partial charge in [0, 0.05) is 6.54 Å². The second-order valence-electron chi connectivity index (χ2n) is 6.20. The number of nitrogens with two attached hydrogens (primary N) is 1. The van der Waals surface area contributed by atoms with Crippen LogP contribution in [0.3, 0.4) is 0 Å². The summed E-state index contributed by atoms with van der Waals surface area (Å²) in [6.45, 7) is 2.27. The van der Waals surface area contributed by atoms with Crippen LogP contribution in [-0.2, 0) is 11.3 Å². The molecular formula is C20H20ClN3O3. The van der Waals surface area contributed by atoms with Crippen LogP contribution in [0.15, 0.2) is 53.3 Å². The number of ether oxygens (including phenoxy) is 1. The van der Waals surface area contributed by atoms with Crippen LogP contribution >= 0.6 is 11.6 Å². The molecule has 0 radical (unpaired) electrons. The summed E-state index contributed by atoms with van der Waals surface area (Å²) in [5.41, 5.74) is 6.77. The highest BCUT2D eigenvalue weighted by Gasteiger charge is 2.16. The van der Waals surface area contributed by atoms with Crippen molar-refractivity contribution in [3.63, 3.8) is 0 Å². The number of rotatable bonds is 6. The molecule has 0 unspecified atom stereocenters. The summed E-state index contributed by atoms with van der Waals surface area (Å²) in [6, 6.07) is 13.5. The quantitative estimate of drug-likeness (QED) is 0.519. The molecule has 0 aliphatic heterocycles. The highest BCUT2D eigenvalue weighted by Crippen LogP contribution is 2.20. The highest BCUT2D eigenvalue weighted by atomic mass is 35.5. The van der Waals surface area contributed by atoms with E-state index in [0.29, 0.717) is 40.3 Å². The molecule has 2 N–H and O–H groups in total. The van der Waals surface area contributed by atoms with Crippen molar-refractivity contribution in [1.29, 1.82) is 0 Å². The van der Waals surface area contributed by atoms with Gasteiger partial charge in [-0.3, -0.25) is 9.36 Å². The zero-order valence-electron chi connectivity index (χ0n) is 14.9. The van der Waals surface area contributed by atoms with E-state index in [0.717, 1.165) is 0 Å². The van der Waals surface area contributed by atoms with E-state index in [2.05, 4.69) is 4.98 Å². The maximum Gasteiger partial charge on any atom is 0.338 e. The lowest BCUT2D eigenvalue weighted by molar-refractivity contribution is 0.0495. The van der Waals surface area contributed by atoms with Crippen molar-refractivity contribution < 1.29 is 9.53 Å². The molecule has 0 aliphatic rings. The lowest BCUT2D eigenvalue weighted by Gasteiger charge is -2.16. The molecule has 0 fully saturated rings. The van der Waals surface area contributed by atoms with Crippen LogP contribution < -0.4 is 11.3 Å². The normalized spacial score (nSPS) is 12.1. The minimum Gasteiger partial charge on any atom is -0.462 e. The molecular weight excluding hydrogens is 366 g/mol. The predicted molar refractivity (Wildman–Crippen MR) is 105 cm³/mol. The van der Waals surface area contributed by atoms with Gasteiger partial charge < -0.3 is 10.5 Å². The van der Waals surface area contributed by atoms with E-state index in [4.69, 9.17) is 22.1 Å². The maximum absolute atomic E-state index is 12.9. The molecule has 0 amide bonds. The minimum absolute atomic E-state index is 0.180. The zero-order chi connectivity index (χ0) is 19.4. The molecule has 1 atom stereocenters. The first-order chi connectivity index (χ1) is 13.0. The molecule has 0 bridgehead atoms. The van der Waals surface area contributed by atoms with E-state index in [-0.39, 0.29) is 12.2 Å². The fourth-order valence-electron chi connectivity index (χ4n) is 2.85. The van der Waals surface area contributed by atoms with Gasteiger partial charge in [-0.05, 0) is 37.6 Å². The van der Waals surface area contributed by atoms with Gasteiger partial charge in [-0.2, -0.15) is 0 Å². The summed E-state index contributed by atoms with van der Waals surface area (Å²) in [5.74, 6) is 0.0826. The van der Waals surface area contributed by atoms with E-state index in [9.17, 15) is 9.59 Å². The number of esters is 1. The standard InChI is InChI=1S/C20H20ClN3O3/c1-13(22)18-23-16-10-5-9-15(21)17(16)19(25)24(18)11-6-12-27-20(26)14-7-3-2-4-8-14/h2-5,7-10,13H,6,11-12,22H2,1H3/t13-/m0/s1. The number of carbonyl (C=O) groups excluding carboxylic acids is 1. The van der Waals surface area contributed by atoms with E-state index in [1.54, 1.807) is 49.4 Å². The molecule has 3 aromatic rings. The molecule has 0 spiro atoms. The fourth-order valence-corrected chi connectivity index (χ4v) is 3.10. The van der Waals surface area contributed by atoms with Crippen LogP contribution in [0.5, 0.6) is 0 Å². The summed E-state index contributed by atoms with van der Waals surface area (Å²) in [6.07, 6.45) is 0.454. The number of benzene rings is 2. The largest absolute Gasteiger partial charge is 0.462 e. The molecule has 2 aromatic carbocycles. The smallest absolute Gasteiger partial charge is 0.338 e. The van der Waals surface area contributed by atoms with Crippen molar-refractivity contribution in [2.75, 3.05) is 6.61 Å². The fraction of sp³-hybridized carbons (Fsp3) is 0.250. The molecule has 27 heavy (non-hydrogen) atoms. The lowest BCUT2D eigenvalue weighted by atomic mass is 10.2. The van der Waals surface area contributed by atoms with Crippen molar-refractivity contribution in [3.8, 4) is 0 Å². The van der Waals surface area contributed by atoms with E-state index in [1.165, 1.54) is 4.57 Å². The predicted octanol–water partition coefficient (Wildman–Crippen LogP) is 3.32. The number of nitrogens with zero attached hydrogens (tertiary/aromatic N) is 2. The number of carbonyl (C=O) groups is 1. The third-order valence-electron chi connectivity index (χ3n) is 4.14. The van der Waals surface area contributed by atoms with E-state index >= 15 is 0 Å². The minimum atomic E-state index is -0.423. The number of halogens is 1. The van der Waals surface area contributed by atoms with Crippen LogP contribution in [0.25, 0.3) is 10.9 Å². The Morgan fingerprint density at radius 1 is 1.22 bits per heavy atom. The first kappa shape index (κ1) is 19.1. The summed E-state index contributed by atoms with van der Waals surface area (Å²) in [4.78, 5) is 29.4. The monoisotopic (exact) mass is 385 g/mol. The van der Waals surface area contributed by atoms with Gasteiger partial charge >= 0.3 is 5.97 Å². The van der Waals surface area contributed by atoms with Gasteiger partial charge in [-0.25, -0.2) is 9.78 Å². The van der Waals surface area contributed by atoms with Gasteiger partial charge in [-0.15, -0.1) is 0 Å². The molecule has 6 nitrogen and oxygen atoms in total. The lowest BCUT2D eigenvalue weighted by Crippen LogP contribution is -2.29. The molecule has 140 valence electrons. The Kier molecular flexibility index (Phi) is 5.88. The van der Waals surface area contributed by atoms with Gasteiger partial charge in [0.05, 0.1) is 34.1 Å². The van der Waals surface area contributed by atoms with Crippen molar-refractivity contribution in [1.82, 2.24) is 9.55 Å². The Labute approximate surface area is 161 Å². The highest BCUT2D eigenvalue weighted by molar-refractivity contribution is 6.35. The topological polar surface area (TPSA) is 87.2 Å². The Balaban J connectivity index is 1.77. The van der Waals surface area contributed by atoms with Gasteiger partial charge in [0.2, 0.25) is 0 Å². The second kappa shape index (κ2) is 8.33. The summed E-state index contributed by atoms with van der Waals surface area (Å²) < 4.78 is 6.78. The number of hydrogen-bond acceptors (Lipinski definition) is 5. The molecule has 1 heterocycles. The Morgan fingerprint density at radius 2 is 1.96 bits per heavy atom. The second-order valence-corrected chi connectivity index (χ2v) is 6.61. The average Bonchev–Trinajstić information content (AvgIpc) is 2.66.